The molecule has 2 nitrogen and oxygen atoms in total. The van der Waals surface area contributed by atoms with E-state index in [1.54, 1.807) is 6.08 Å². The number of hydrogen-bond acceptors (Lipinski definition) is 2. The molecule has 0 amide bonds. The first-order chi connectivity index (χ1) is 9.25. The van der Waals surface area contributed by atoms with E-state index in [1.807, 2.05) is 6.92 Å². The molecule has 0 radical (unpaired) electrons. The van der Waals surface area contributed by atoms with E-state index in [9.17, 15) is 5.11 Å². The van der Waals surface area contributed by atoms with Gasteiger partial charge in [-0.2, -0.15) is 0 Å². The van der Waals surface area contributed by atoms with Gasteiger partial charge in [0.25, 0.3) is 0 Å². The van der Waals surface area contributed by atoms with Gasteiger partial charge in [-0.3, -0.25) is 0 Å². The van der Waals surface area contributed by atoms with Crippen LogP contribution in [0.2, 0.25) is 16.6 Å². The molecular weight excluding hydrogens is 276 g/mol. The predicted molar refractivity (Wildman–Crippen MR) is 96.2 cm³/mol. The Morgan fingerprint density at radius 1 is 0.905 bits per heavy atom. The summed E-state index contributed by atoms with van der Waals surface area (Å²) in [5.74, 6) is 0. The summed E-state index contributed by atoms with van der Waals surface area (Å²) < 4.78 is 6.73. The summed E-state index contributed by atoms with van der Waals surface area (Å²) in [6.45, 7) is 25.5. The fourth-order valence-electron chi connectivity index (χ4n) is 3.45. The van der Waals surface area contributed by atoms with Gasteiger partial charge in [0.1, 0.15) is 0 Å². The second-order valence-corrected chi connectivity index (χ2v) is 13.9. The Morgan fingerprint density at radius 2 is 1.24 bits per heavy atom. The predicted octanol–water partition coefficient (Wildman–Crippen LogP) is 5.53. The molecule has 2 atom stereocenters. The molecule has 0 aliphatic rings. The summed E-state index contributed by atoms with van der Waals surface area (Å²) in [6.07, 6.45) is 1.46. The first-order valence-corrected chi connectivity index (χ1v) is 10.4. The van der Waals surface area contributed by atoms with E-state index in [0.29, 0.717) is 16.6 Å². The molecule has 0 saturated carbocycles. The van der Waals surface area contributed by atoms with Gasteiger partial charge in [-0.05, 0) is 29.0 Å². The van der Waals surface area contributed by atoms with Crippen LogP contribution in [0, 0.1) is 5.41 Å². The molecule has 0 rings (SSSR count). The van der Waals surface area contributed by atoms with E-state index < -0.39 is 13.9 Å². The van der Waals surface area contributed by atoms with Gasteiger partial charge in [0.05, 0.1) is 11.7 Å². The van der Waals surface area contributed by atoms with Crippen LogP contribution in [0.3, 0.4) is 0 Å². The van der Waals surface area contributed by atoms with Gasteiger partial charge >= 0.3 is 0 Å². The number of aliphatic hydroxyl groups is 1. The van der Waals surface area contributed by atoms with Crippen molar-refractivity contribution in [3.8, 4) is 0 Å². The Labute approximate surface area is 134 Å². The molecule has 0 aliphatic carbocycles. The minimum Gasteiger partial charge on any atom is -0.407 e. The molecule has 0 spiro atoms. The molecule has 1 N–H and O–H groups in total. The molecule has 3 heteroatoms. The van der Waals surface area contributed by atoms with Gasteiger partial charge in [0.15, 0.2) is 0 Å². The van der Waals surface area contributed by atoms with Crippen LogP contribution >= 0.6 is 0 Å². The highest BCUT2D eigenvalue weighted by Gasteiger charge is 2.51. The zero-order valence-electron chi connectivity index (χ0n) is 15.9. The Balaban J connectivity index is 5.76. The van der Waals surface area contributed by atoms with E-state index in [1.165, 1.54) is 0 Å². The smallest absolute Gasteiger partial charge is 0.201 e. The van der Waals surface area contributed by atoms with Crippen molar-refractivity contribution in [1.82, 2.24) is 0 Å². The monoisotopic (exact) mass is 314 g/mol. The van der Waals surface area contributed by atoms with Gasteiger partial charge in [-0.15, -0.1) is 6.58 Å². The molecule has 0 unspecified atom stereocenters. The molecule has 0 aromatic carbocycles. The minimum atomic E-state index is -2.03. The van der Waals surface area contributed by atoms with Crippen molar-refractivity contribution in [2.24, 2.45) is 5.41 Å². The van der Waals surface area contributed by atoms with Crippen molar-refractivity contribution in [2.45, 2.75) is 97.6 Å². The highest BCUT2D eigenvalue weighted by molar-refractivity contribution is 6.77. The lowest BCUT2D eigenvalue weighted by Gasteiger charge is -2.50. The minimum absolute atomic E-state index is 0.267. The van der Waals surface area contributed by atoms with Gasteiger partial charge in [0.2, 0.25) is 8.32 Å². The van der Waals surface area contributed by atoms with Crippen LogP contribution in [0.1, 0.15) is 69.2 Å². The molecule has 21 heavy (non-hydrogen) atoms. The lowest BCUT2D eigenvalue weighted by Crippen LogP contribution is -2.58. The second-order valence-electron chi connectivity index (χ2n) is 8.49. The number of rotatable bonds is 7. The van der Waals surface area contributed by atoms with Gasteiger partial charge in [0, 0.05) is 0 Å². The largest absolute Gasteiger partial charge is 0.407 e. The summed E-state index contributed by atoms with van der Waals surface area (Å²) in [7, 11) is -2.03. The van der Waals surface area contributed by atoms with Crippen LogP contribution in [0.15, 0.2) is 12.7 Å². The highest BCUT2D eigenvalue weighted by atomic mass is 28.4. The van der Waals surface area contributed by atoms with Crippen LogP contribution in [0.25, 0.3) is 0 Å². The molecule has 0 heterocycles. The zero-order valence-corrected chi connectivity index (χ0v) is 16.9. The van der Waals surface area contributed by atoms with Crippen molar-refractivity contribution in [3.63, 3.8) is 0 Å². The first-order valence-electron chi connectivity index (χ1n) is 8.27. The van der Waals surface area contributed by atoms with Crippen molar-refractivity contribution in [1.29, 1.82) is 0 Å². The maximum Gasteiger partial charge on any atom is 0.201 e. The normalized spacial score (nSPS) is 18.2. The summed E-state index contributed by atoms with van der Waals surface area (Å²) in [4.78, 5) is 0. The molecule has 0 saturated heterocycles. The maximum atomic E-state index is 11.0. The summed E-state index contributed by atoms with van der Waals surface area (Å²) in [6, 6.07) is 0. The van der Waals surface area contributed by atoms with Crippen molar-refractivity contribution in [2.75, 3.05) is 0 Å². The number of hydrogen-bond donors (Lipinski definition) is 1. The average molecular weight is 315 g/mol. The summed E-state index contributed by atoms with van der Waals surface area (Å²) in [5.41, 5.74) is 0.282. The Morgan fingerprint density at radius 3 is 1.43 bits per heavy atom. The lowest BCUT2D eigenvalue weighted by molar-refractivity contribution is -0.106. The first kappa shape index (κ1) is 20.9. The second kappa shape index (κ2) is 6.97. The average Bonchev–Trinajstić information content (AvgIpc) is 2.26. The summed E-state index contributed by atoms with van der Waals surface area (Å²) >= 11 is 0. The van der Waals surface area contributed by atoms with Crippen LogP contribution in [0.4, 0.5) is 0 Å². The third-order valence-corrected chi connectivity index (χ3v) is 11.4. The molecule has 0 fully saturated rings. The molecule has 0 aliphatic heterocycles. The maximum absolute atomic E-state index is 11.0. The van der Waals surface area contributed by atoms with Gasteiger partial charge < -0.3 is 9.53 Å². The van der Waals surface area contributed by atoms with Crippen LogP contribution < -0.4 is 0 Å². The van der Waals surface area contributed by atoms with E-state index in [2.05, 4.69) is 68.9 Å². The van der Waals surface area contributed by atoms with Crippen LogP contribution in [0.5, 0.6) is 0 Å². The van der Waals surface area contributed by atoms with Crippen molar-refractivity contribution < 1.29 is 9.53 Å². The highest BCUT2D eigenvalue weighted by Crippen LogP contribution is 2.46. The van der Waals surface area contributed by atoms with Crippen LogP contribution in [-0.2, 0) is 4.43 Å². The van der Waals surface area contributed by atoms with Gasteiger partial charge in [-0.25, -0.2) is 0 Å². The van der Waals surface area contributed by atoms with E-state index >= 15 is 0 Å². The van der Waals surface area contributed by atoms with E-state index in [0.717, 1.165) is 0 Å². The fourth-order valence-corrected chi connectivity index (χ4v) is 9.03. The van der Waals surface area contributed by atoms with E-state index in [4.69, 9.17) is 4.43 Å². The SMILES string of the molecule is C=C[C@H](O[Si](C(C)C)(C(C)C)C(C)C)[C@](C)(O)C(C)(C)C. The Bertz CT molecular complexity index is 316. The zero-order chi connectivity index (χ0) is 17.2. The topological polar surface area (TPSA) is 29.5 Å². The van der Waals surface area contributed by atoms with Crippen LogP contribution in [-0.4, -0.2) is 25.1 Å². The Kier molecular flexibility index (Phi) is 6.93. The van der Waals surface area contributed by atoms with Gasteiger partial charge in [-0.1, -0.05) is 68.4 Å². The summed E-state index contributed by atoms with van der Waals surface area (Å²) in [5, 5.41) is 11.0. The van der Waals surface area contributed by atoms with E-state index in [-0.39, 0.29) is 11.5 Å². The third kappa shape index (κ3) is 3.99. The molecule has 0 aromatic rings. The molecular formula is C18H38O2Si. The fraction of sp³-hybridized carbons (Fsp3) is 0.889. The molecule has 0 aromatic heterocycles. The van der Waals surface area contributed by atoms with Crippen molar-refractivity contribution in [3.05, 3.63) is 12.7 Å². The molecule has 126 valence electrons. The van der Waals surface area contributed by atoms with Crippen molar-refractivity contribution >= 4 is 8.32 Å². The molecule has 0 bridgehead atoms. The standard InChI is InChI=1S/C18H38O2Si/c1-12-16(18(11,19)17(8,9)10)20-21(13(2)3,14(4)5)15(6)7/h12-16,19H,1H2,2-11H3/t16-,18-/m0/s1. The lowest BCUT2D eigenvalue weighted by atomic mass is 9.74. The Hall–Kier alpha value is -0.123. The third-order valence-electron chi connectivity index (χ3n) is 5.32. The quantitative estimate of drug-likeness (QED) is 0.494.